The molecule has 40 heavy (non-hydrogen) atoms. The molecule has 2 aromatic carbocycles. The van der Waals surface area contributed by atoms with Gasteiger partial charge in [-0.2, -0.15) is 0 Å². The van der Waals surface area contributed by atoms with E-state index in [9.17, 15) is 4.39 Å². The maximum Gasteiger partial charge on any atom is 0.213 e. The van der Waals surface area contributed by atoms with Gasteiger partial charge in [-0.3, -0.25) is 4.57 Å². The van der Waals surface area contributed by atoms with Crippen LogP contribution in [0.2, 0.25) is 5.15 Å². The van der Waals surface area contributed by atoms with Gasteiger partial charge >= 0.3 is 0 Å². The van der Waals surface area contributed by atoms with E-state index < -0.39 is 0 Å². The van der Waals surface area contributed by atoms with Crippen molar-refractivity contribution < 1.29 is 18.6 Å². The lowest BCUT2D eigenvalue weighted by Gasteiger charge is -2.16. The Morgan fingerprint density at radius 3 is 2.42 bits per heavy atom. The number of hydrogen-bond donors (Lipinski definition) is 1. The summed E-state index contributed by atoms with van der Waals surface area (Å²) >= 11 is 7.76. The van der Waals surface area contributed by atoms with E-state index in [1.165, 1.54) is 18.0 Å². The summed E-state index contributed by atoms with van der Waals surface area (Å²) in [7, 11) is 3.14. The Bertz CT molecular complexity index is 1660. The monoisotopic (exact) mass is 580 g/mol. The van der Waals surface area contributed by atoms with Gasteiger partial charge in [-0.05, 0) is 61.2 Å². The zero-order valence-corrected chi connectivity index (χ0v) is 23.8. The Hall–Kier alpha value is -4.09. The SMILES string of the molecule is CCOc1cccc(-c2nc3nc(Cl)c(NSCc4ccc(C)cc4F)nc3n2-c2c(OC)cccc2OC)n1. The Balaban J connectivity index is 1.64. The molecule has 0 radical (unpaired) electrons. The van der Waals surface area contributed by atoms with Crippen LogP contribution in [-0.4, -0.2) is 45.3 Å². The summed E-state index contributed by atoms with van der Waals surface area (Å²) in [6.45, 7) is 4.20. The van der Waals surface area contributed by atoms with Gasteiger partial charge in [-0.15, -0.1) is 0 Å². The second-order valence-corrected chi connectivity index (χ2v) is 9.71. The number of methoxy groups -OCH3 is 2. The molecule has 0 aliphatic carbocycles. The van der Waals surface area contributed by atoms with Crippen molar-refractivity contribution in [3.8, 4) is 34.6 Å². The van der Waals surface area contributed by atoms with Gasteiger partial charge in [-0.1, -0.05) is 35.9 Å². The normalized spacial score (nSPS) is 11.1. The van der Waals surface area contributed by atoms with Crippen molar-refractivity contribution in [1.82, 2.24) is 24.5 Å². The number of nitrogens with zero attached hydrogens (tertiary/aromatic N) is 5. The molecule has 0 saturated heterocycles. The third-order valence-electron chi connectivity index (χ3n) is 5.93. The fourth-order valence-electron chi connectivity index (χ4n) is 4.09. The molecule has 0 aliphatic heterocycles. The third kappa shape index (κ3) is 5.47. The highest BCUT2D eigenvalue weighted by Crippen LogP contribution is 2.38. The molecule has 3 aromatic heterocycles. The molecule has 12 heteroatoms. The van der Waals surface area contributed by atoms with Crippen LogP contribution in [0, 0.1) is 12.7 Å². The highest BCUT2D eigenvalue weighted by atomic mass is 35.5. The average Bonchev–Trinajstić information content (AvgIpc) is 3.31. The van der Waals surface area contributed by atoms with Gasteiger partial charge in [0.05, 0.1) is 20.8 Å². The number of aromatic nitrogens is 5. The van der Waals surface area contributed by atoms with Crippen LogP contribution in [0.1, 0.15) is 18.1 Å². The molecule has 0 atom stereocenters. The smallest absolute Gasteiger partial charge is 0.213 e. The fourth-order valence-corrected chi connectivity index (χ4v) is 5.06. The van der Waals surface area contributed by atoms with Gasteiger partial charge in [-0.25, -0.2) is 24.3 Å². The number of para-hydroxylation sites is 1. The van der Waals surface area contributed by atoms with Crippen LogP contribution in [0.4, 0.5) is 10.2 Å². The largest absolute Gasteiger partial charge is 0.494 e. The molecule has 0 fully saturated rings. The summed E-state index contributed by atoms with van der Waals surface area (Å²) in [5, 5.41) is 0.114. The molecule has 0 saturated carbocycles. The van der Waals surface area contributed by atoms with Gasteiger partial charge in [0.2, 0.25) is 5.88 Å². The number of pyridine rings is 1. The minimum Gasteiger partial charge on any atom is -0.494 e. The first-order valence-electron chi connectivity index (χ1n) is 12.3. The predicted molar refractivity (Wildman–Crippen MR) is 155 cm³/mol. The van der Waals surface area contributed by atoms with E-state index in [-0.39, 0.29) is 16.6 Å². The van der Waals surface area contributed by atoms with Crippen LogP contribution < -0.4 is 18.9 Å². The Labute approximate surface area is 239 Å². The molecule has 0 unspecified atom stereocenters. The Kier molecular flexibility index (Phi) is 8.22. The van der Waals surface area contributed by atoms with E-state index >= 15 is 0 Å². The number of fused-ring (bicyclic) bond motifs is 1. The molecule has 3 heterocycles. The number of anilines is 1. The van der Waals surface area contributed by atoms with Crippen molar-refractivity contribution in [3.63, 3.8) is 0 Å². The van der Waals surface area contributed by atoms with Crippen LogP contribution in [0.5, 0.6) is 17.4 Å². The number of benzene rings is 2. The van der Waals surface area contributed by atoms with Gasteiger partial charge in [0.15, 0.2) is 28.1 Å². The summed E-state index contributed by atoms with van der Waals surface area (Å²) in [6, 6.07) is 16.0. The first kappa shape index (κ1) is 27.5. The molecule has 1 N–H and O–H groups in total. The molecule has 5 aromatic rings. The fraction of sp³-hybridized carbons (Fsp3) is 0.214. The summed E-state index contributed by atoms with van der Waals surface area (Å²) in [5.41, 5.74) is 3.17. The molecular formula is C28H26ClFN6O3S. The number of hydrogen-bond acceptors (Lipinski definition) is 9. The van der Waals surface area contributed by atoms with E-state index in [0.717, 1.165) is 5.56 Å². The van der Waals surface area contributed by atoms with Crippen LogP contribution in [0.25, 0.3) is 28.5 Å². The molecule has 0 bridgehead atoms. The summed E-state index contributed by atoms with van der Waals surface area (Å²) < 4.78 is 36.2. The Morgan fingerprint density at radius 2 is 1.73 bits per heavy atom. The molecule has 0 aliphatic rings. The predicted octanol–water partition coefficient (Wildman–Crippen LogP) is 6.65. The minimum atomic E-state index is -0.269. The topological polar surface area (TPSA) is 96.2 Å². The average molecular weight is 581 g/mol. The highest BCUT2D eigenvalue weighted by molar-refractivity contribution is 7.99. The molecular weight excluding hydrogens is 555 g/mol. The number of halogens is 2. The lowest BCUT2D eigenvalue weighted by Crippen LogP contribution is -2.06. The van der Waals surface area contributed by atoms with Gasteiger partial charge in [0.25, 0.3) is 0 Å². The van der Waals surface area contributed by atoms with E-state index in [4.69, 9.17) is 35.8 Å². The molecule has 206 valence electrons. The number of ether oxygens (including phenoxy) is 3. The van der Waals surface area contributed by atoms with Crippen molar-refractivity contribution in [3.05, 3.63) is 76.7 Å². The lowest BCUT2D eigenvalue weighted by atomic mass is 10.2. The number of aryl methyl sites for hydroxylation is 1. The van der Waals surface area contributed by atoms with Crippen molar-refractivity contribution in [2.24, 2.45) is 0 Å². The molecule has 9 nitrogen and oxygen atoms in total. The second kappa shape index (κ2) is 12.0. The molecule has 0 spiro atoms. The quantitative estimate of drug-likeness (QED) is 0.182. The third-order valence-corrected chi connectivity index (χ3v) is 6.98. The highest BCUT2D eigenvalue weighted by Gasteiger charge is 2.25. The zero-order chi connectivity index (χ0) is 28.2. The van der Waals surface area contributed by atoms with Gasteiger partial charge in [0.1, 0.15) is 28.7 Å². The molecule has 5 rings (SSSR count). The lowest BCUT2D eigenvalue weighted by molar-refractivity contribution is 0.327. The first-order valence-corrected chi connectivity index (χ1v) is 13.7. The molecule has 0 amide bonds. The van der Waals surface area contributed by atoms with E-state index in [1.807, 2.05) is 50.2 Å². The summed E-state index contributed by atoms with van der Waals surface area (Å²) in [6.07, 6.45) is 0. The zero-order valence-electron chi connectivity index (χ0n) is 22.2. The maximum absolute atomic E-state index is 14.3. The number of imidazole rings is 1. The number of nitrogens with one attached hydrogen (secondary N) is 1. The van der Waals surface area contributed by atoms with Gasteiger partial charge in [0, 0.05) is 11.8 Å². The van der Waals surface area contributed by atoms with Crippen LogP contribution in [0.3, 0.4) is 0 Å². The maximum atomic E-state index is 14.3. The van der Waals surface area contributed by atoms with Crippen molar-refractivity contribution in [2.75, 3.05) is 25.5 Å². The van der Waals surface area contributed by atoms with Crippen LogP contribution in [0.15, 0.2) is 54.6 Å². The standard InChI is InChI=1S/C28H26ClFN6O3S/c1-5-39-22-11-6-8-19(31-22)27-34-26-28(36(27)23-20(37-3)9-7-10-21(23)38-4)33-25(24(29)32-26)35-40-15-17-13-12-16(2)14-18(17)30/h6-14H,5,15H2,1-4H3,(H,33,35). The van der Waals surface area contributed by atoms with Crippen LogP contribution >= 0.6 is 23.5 Å². The van der Waals surface area contributed by atoms with Crippen molar-refractivity contribution in [2.45, 2.75) is 19.6 Å². The van der Waals surface area contributed by atoms with Crippen molar-refractivity contribution in [1.29, 1.82) is 0 Å². The number of rotatable bonds is 10. The Morgan fingerprint density at radius 1 is 0.975 bits per heavy atom. The van der Waals surface area contributed by atoms with Crippen molar-refractivity contribution >= 4 is 40.7 Å². The van der Waals surface area contributed by atoms with E-state index in [2.05, 4.69) is 14.7 Å². The second-order valence-electron chi connectivity index (χ2n) is 8.57. The van der Waals surface area contributed by atoms with E-state index in [0.29, 0.717) is 64.0 Å². The minimum absolute atomic E-state index is 0.114. The summed E-state index contributed by atoms with van der Waals surface area (Å²) in [4.78, 5) is 18.7. The van der Waals surface area contributed by atoms with E-state index in [1.54, 1.807) is 30.9 Å². The van der Waals surface area contributed by atoms with Crippen LogP contribution in [-0.2, 0) is 5.75 Å². The first-order chi connectivity index (χ1) is 19.4. The van der Waals surface area contributed by atoms with Gasteiger partial charge < -0.3 is 18.9 Å². The summed E-state index contributed by atoms with van der Waals surface area (Å²) in [5.74, 6) is 2.31.